The summed E-state index contributed by atoms with van der Waals surface area (Å²) in [5.74, 6) is -0.0305. The van der Waals surface area contributed by atoms with E-state index < -0.39 is 26.1 Å². The van der Waals surface area contributed by atoms with Crippen LogP contribution in [-0.4, -0.2) is 32.7 Å². The number of nitrogens with zero attached hydrogens (tertiary/aromatic N) is 2. The van der Waals surface area contributed by atoms with Gasteiger partial charge >= 0.3 is 0 Å². The first-order valence-corrected chi connectivity index (χ1v) is 14.1. The molecule has 0 aromatic heterocycles. The van der Waals surface area contributed by atoms with Crippen LogP contribution in [0.25, 0.3) is 0 Å². The van der Waals surface area contributed by atoms with Crippen molar-refractivity contribution in [2.24, 2.45) is 5.10 Å². The molecule has 1 heterocycles. The van der Waals surface area contributed by atoms with Crippen LogP contribution in [0.2, 0.25) is 5.02 Å². The number of hydrazone groups is 1. The highest BCUT2D eigenvalue weighted by atomic mass is 35.5. The quantitative estimate of drug-likeness (QED) is 0.479. The third-order valence-corrected chi connectivity index (χ3v) is 8.82. The smallest absolute Gasteiger partial charge is 0.279 e. The van der Waals surface area contributed by atoms with Gasteiger partial charge in [-0.05, 0) is 61.4 Å². The number of aryl methyl sites for hydroxylation is 1. The number of halogens is 1. The molecule has 1 aliphatic rings. The average molecular weight is 518 g/mol. The maximum Gasteiger partial charge on any atom is 0.279 e. The van der Waals surface area contributed by atoms with Crippen LogP contribution in [-0.2, 0) is 20.0 Å². The van der Waals surface area contributed by atoms with E-state index in [0.717, 1.165) is 15.5 Å². The molecule has 1 atom stereocenters. The topological polar surface area (TPSA) is 95.9 Å². The Morgan fingerprint density at radius 3 is 2.15 bits per heavy atom. The highest BCUT2D eigenvalue weighted by Crippen LogP contribution is 2.37. The Bertz CT molecular complexity index is 1420. The van der Waals surface area contributed by atoms with Crippen molar-refractivity contribution in [1.29, 1.82) is 0 Å². The van der Waals surface area contributed by atoms with E-state index in [1.165, 1.54) is 24.3 Å². The Balaban J connectivity index is 1.71. The van der Waals surface area contributed by atoms with Gasteiger partial charge in [0.05, 0.1) is 22.4 Å². The molecule has 0 unspecified atom stereocenters. The first-order valence-electron chi connectivity index (χ1n) is 10.6. The molecule has 0 saturated carbocycles. The molecule has 0 radical (unpaired) electrons. The normalized spacial score (nSPS) is 16.4. The fourth-order valence-corrected chi connectivity index (χ4v) is 5.82. The number of sulfonamides is 2. The third-order valence-electron chi connectivity index (χ3n) is 5.56. The summed E-state index contributed by atoms with van der Waals surface area (Å²) in [5.41, 5.74) is 3.64. The van der Waals surface area contributed by atoms with E-state index >= 15 is 0 Å². The molecule has 0 fully saturated rings. The molecule has 178 valence electrons. The second-order valence-electron chi connectivity index (χ2n) is 7.99. The highest BCUT2D eigenvalue weighted by molar-refractivity contribution is 7.92. The van der Waals surface area contributed by atoms with Gasteiger partial charge in [0, 0.05) is 17.1 Å². The van der Waals surface area contributed by atoms with Crippen LogP contribution in [0.1, 0.15) is 36.1 Å². The van der Waals surface area contributed by atoms with Crippen LogP contribution in [0.15, 0.2) is 82.8 Å². The van der Waals surface area contributed by atoms with Crippen molar-refractivity contribution < 1.29 is 16.8 Å². The van der Waals surface area contributed by atoms with Gasteiger partial charge in [-0.3, -0.25) is 4.72 Å². The molecular weight excluding hydrogens is 494 g/mol. The summed E-state index contributed by atoms with van der Waals surface area (Å²) in [6.07, 6.45) is 0.371. The summed E-state index contributed by atoms with van der Waals surface area (Å²) >= 11 is 5.95. The van der Waals surface area contributed by atoms with Crippen molar-refractivity contribution in [3.63, 3.8) is 0 Å². The third kappa shape index (κ3) is 5.11. The summed E-state index contributed by atoms with van der Waals surface area (Å²) in [6, 6.07) is 19.9. The highest BCUT2D eigenvalue weighted by Gasteiger charge is 2.37. The minimum atomic E-state index is -3.94. The van der Waals surface area contributed by atoms with Crippen LogP contribution < -0.4 is 4.72 Å². The maximum absolute atomic E-state index is 13.5. The van der Waals surface area contributed by atoms with Gasteiger partial charge in [-0.2, -0.15) is 17.9 Å². The van der Waals surface area contributed by atoms with E-state index in [0.29, 0.717) is 28.4 Å². The van der Waals surface area contributed by atoms with Crippen LogP contribution in [0.5, 0.6) is 0 Å². The molecular formula is C24H24ClN3O4S2. The molecule has 3 aromatic carbocycles. The van der Waals surface area contributed by atoms with Gasteiger partial charge in [0.25, 0.3) is 10.0 Å². The molecule has 7 nitrogen and oxygen atoms in total. The van der Waals surface area contributed by atoms with Crippen molar-refractivity contribution in [2.45, 2.75) is 31.2 Å². The number of benzene rings is 3. The summed E-state index contributed by atoms with van der Waals surface area (Å²) in [7, 11) is -7.34. The lowest BCUT2D eigenvalue weighted by Gasteiger charge is -2.23. The summed E-state index contributed by atoms with van der Waals surface area (Å²) in [4.78, 5) is 0.100. The van der Waals surface area contributed by atoms with Gasteiger partial charge in [0.2, 0.25) is 10.0 Å². The van der Waals surface area contributed by atoms with Gasteiger partial charge in [-0.1, -0.05) is 53.6 Å². The van der Waals surface area contributed by atoms with Crippen molar-refractivity contribution in [3.05, 3.63) is 94.5 Å². The summed E-state index contributed by atoms with van der Waals surface area (Å²) in [5, 5.41) is 4.96. The zero-order valence-corrected chi connectivity index (χ0v) is 21.0. The lowest BCUT2D eigenvalue weighted by molar-refractivity contribution is 0.371. The minimum absolute atomic E-state index is 0.0305. The van der Waals surface area contributed by atoms with Gasteiger partial charge in [-0.15, -0.1) is 0 Å². The second-order valence-corrected chi connectivity index (χ2v) is 12.2. The number of hydrogen-bond acceptors (Lipinski definition) is 5. The van der Waals surface area contributed by atoms with Gasteiger partial charge in [-0.25, -0.2) is 8.42 Å². The fourth-order valence-electron chi connectivity index (χ4n) is 3.62. The van der Waals surface area contributed by atoms with Crippen LogP contribution in [0.3, 0.4) is 0 Å². The van der Waals surface area contributed by atoms with Crippen molar-refractivity contribution in [1.82, 2.24) is 4.41 Å². The first-order chi connectivity index (χ1) is 16.1. The molecule has 1 aliphatic heterocycles. The molecule has 1 N–H and O–H groups in total. The molecule has 0 amide bonds. The SMILES string of the molecule is CCS(=O)(=O)Nc1ccc(C2=NN(S(=O)(=O)c3ccc(Cl)cc3)[C@H](c3ccc(C)cc3)C2)cc1. The Morgan fingerprint density at radius 1 is 0.941 bits per heavy atom. The van der Waals surface area contributed by atoms with Crippen molar-refractivity contribution in [2.75, 3.05) is 10.5 Å². The molecule has 0 aliphatic carbocycles. The molecule has 0 saturated heterocycles. The zero-order valence-electron chi connectivity index (χ0n) is 18.6. The first kappa shape index (κ1) is 24.3. The van der Waals surface area contributed by atoms with E-state index in [9.17, 15) is 16.8 Å². The summed E-state index contributed by atoms with van der Waals surface area (Å²) < 4.78 is 54.3. The van der Waals surface area contributed by atoms with Crippen LogP contribution in [0, 0.1) is 6.92 Å². The number of rotatable bonds is 7. The molecule has 0 bridgehead atoms. The zero-order chi connectivity index (χ0) is 24.5. The van der Waals surface area contributed by atoms with Crippen molar-refractivity contribution >= 4 is 43.0 Å². The lowest BCUT2D eigenvalue weighted by Crippen LogP contribution is -2.27. The van der Waals surface area contributed by atoms with Gasteiger partial charge in [0.15, 0.2) is 0 Å². The average Bonchev–Trinajstić information content (AvgIpc) is 3.26. The maximum atomic E-state index is 13.5. The Morgan fingerprint density at radius 2 is 1.56 bits per heavy atom. The monoisotopic (exact) mass is 517 g/mol. The molecule has 10 heteroatoms. The van der Waals surface area contributed by atoms with Crippen LogP contribution in [0.4, 0.5) is 5.69 Å². The second kappa shape index (κ2) is 9.40. The number of hydrogen-bond donors (Lipinski definition) is 1. The molecule has 3 aromatic rings. The predicted molar refractivity (Wildman–Crippen MR) is 135 cm³/mol. The van der Waals surface area contributed by atoms with E-state index in [1.807, 2.05) is 31.2 Å². The molecule has 34 heavy (non-hydrogen) atoms. The van der Waals surface area contributed by atoms with Gasteiger partial charge < -0.3 is 0 Å². The standard InChI is InChI=1S/C24H24ClN3O4S2/c1-3-33(29,30)27-21-12-8-18(9-13-21)23-16-24(19-6-4-17(2)5-7-19)28(26-23)34(31,32)22-14-10-20(25)11-15-22/h4-15,24,27H,3,16H2,1-2H3/t24-/m0/s1. The fraction of sp³-hybridized carbons (Fsp3) is 0.208. The largest absolute Gasteiger partial charge is 0.284 e. The molecule has 0 spiro atoms. The van der Waals surface area contributed by atoms with Crippen molar-refractivity contribution in [3.8, 4) is 0 Å². The van der Waals surface area contributed by atoms with E-state index in [-0.39, 0.29) is 10.6 Å². The van der Waals surface area contributed by atoms with Gasteiger partial charge in [0.1, 0.15) is 0 Å². The summed E-state index contributed by atoms with van der Waals surface area (Å²) in [6.45, 7) is 3.53. The van der Waals surface area contributed by atoms with Crippen LogP contribution >= 0.6 is 11.6 Å². The Kier molecular flexibility index (Phi) is 6.71. The van der Waals surface area contributed by atoms with E-state index in [4.69, 9.17) is 11.6 Å². The molecule has 4 rings (SSSR count). The number of anilines is 1. The Labute approximate surface area is 205 Å². The predicted octanol–water partition coefficient (Wildman–Crippen LogP) is 4.95. The van der Waals surface area contributed by atoms with E-state index in [2.05, 4.69) is 9.82 Å². The Hall–Kier alpha value is -2.88. The lowest BCUT2D eigenvalue weighted by atomic mass is 9.98. The minimum Gasteiger partial charge on any atom is -0.284 e. The number of nitrogens with one attached hydrogen (secondary N) is 1. The van der Waals surface area contributed by atoms with E-state index in [1.54, 1.807) is 31.2 Å².